The number of esters is 3. The van der Waals surface area contributed by atoms with E-state index in [0.717, 1.165) is 16.7 Å². The van der Waals surface area contributed by atoms with Gasteiger partial charge >= 0.3 is 17.9 Å². The summed E-state index contributed by atoms with van der Waals surface area (Å²) in [7, 11) is 1.32. The number of aromatic nitrogens is 1. The van der Waals surface area contributed by atoms with Crippen molar-refractivity contribution in [1.82, 2.24) is 10.3 Å². The van der Waals surface area contributed by atoms with Gasteiger partial charge in [0.2, 0.25) is 0 Å². The van der Waals surface area contributed by atoms with Crippen molar-refractivity contribution in [3.05, 3.63) is 126 Å². The molecule has 0 spiro atoms. The molecule has 274 valence electrons. The number of nitrogens with zero attached hydrogens (tertiary/aromatic N) is 1. The van der Waals surface area contributed by atoms with Gasteiger partial charge in [0.1, 0.15) is 18.6 Å². The van der Waals surface area contributed by atoms with Crippen molar-refractivity contribution in [3.8, 4) is 11.5 Å². The number of carbonyl (C=O) groups is 4. The summed E-state index contributed by atoms with van der Waals surface area (Å²) >= 11 is 0. The molecule has 4 aromatic rings. The van der Waals surface area contributed by atoms with Gasteiger partial charge in [0.25, 0.3) is 5.91 Å². The molecule has 0 saturated carbocycles. The van der Waals surface area contributed by atoms with Crippen molar-refractivity contribution in [1.29, 1.82) is 0 Å². The van der Waals surface area contributed by atoms with E-state index in [2.05, 4.69) is 10.3 Å². The number of hydrogen-bond acceptors (Lipinski definition) is 11. The monoisotopic (exact) mass is 712 g/mol. The number of ether oxygens (including phenoxy) is 5. The normalized spacial score (nSPS) is 13.2. The number of rotatable bonds is 18. The number of amides is 1. The first kappa shape index (κ1) is 39.0. The SMILES string of the molecule is COc1ccnc(C(=O)N[C@@H](COCc2ccccc2)C(=O)OC(C)[C@H](OC(=O)C(C)C)[C@@H](Cc2ccccc2)C(=O)OCc2ccccc2)c1O. The molecule has 1 amide bonds. The standard InChI is InChI=1S/C40H44N2O10/c1-26(2)38(45)52-36(31(22-28-14-8-5-9-15-28)39(46)50-24-30-18-12-7-13-19-30)27(3)51-40(47)32(25-49-23-29-16-10-6-11-17-29)42-37(44)34-35(43)33(48-4)20-21-41-34/h5-21,26-27,31-32,36,43H,22-25H2,1-4H3,(H,42,44)/t27?,31-,32+,36+/m1/s1. The van der Waals surface area contributed by atoms with E-state index in [1.54, 1.807) is 13.8 Å². The fourth-order valence-electron chi connectivity index (χ4n) is 5.18. The Morgan fingerprint density at radius 1 is 0.731 bits per heavy atom. The van der Waals surface area contributed by atoms with Crippen molar-refractivity contribution in [2.75, 3.05) is 13.7 Å². The summed E-state index contributed by atoms with van der Waals surface area (Å²) < 4.78 is 28.4. The molecule has 12 heteroatoms. The molecule has 0 aliphatic heterocycles. The lowest BCUT2D eigenvalue weighted by Gasteiger charge is -2.31. The van der Waals surface area contributed by atoms with Gasteiger partial charge in [-0.25, -0.2) is 9.78 Å². The Morgan fingerprint density at radius 3 is 1.88 bits per heavy atom. The van der Waals surface area contributed by atoms with E-state index in [4.69, 9.17) is 23.7 Å². The molecule has 4 atom stereocenters. The van der Waals surface area contributed by atoms with E-state index < -0.39 is 59.7 Å². The van der Waals surface area contributed by atoms with Crippen molar-refractivity contribution >= 4 is 23.8 Å². The van der Waals surface area contributed by atoms with Crippen LogP contribution in [0.5, 0.6) is 11.5 Å². The van der Waals surface area contributed by atoms with E-state index in [1.807, 2.05) is 91.0 Å². The number of nitrogens with one attached hydrogen (secondary N) is 1. The average Bonchev–Trinajstić information content (AvgIpc) is 3.15. The summed E-state index contributed by atoms with van der Waals surface area (Å²) in [6.07, 6.45) is -1.11. The van der Waals surface area contributed by atoms with Crippen LogP contribution >= 0.6 is 0 Å². The topological polar surface area (TPSA) is 160 Å². The number of carbonyl (C=O) groups excluding carboxylic acids is 4. The number of hydrogen-bond donors (Lipinski definition) is 2. The second-order valence-electron chi connectivity index (χ2n) is 12.3. The van der Waals surface area contributed by atoms with E-state index in [0.29, 0.717) is 0 Å². The Hall–Kier alpha value is -5.75. The molecule has 0 aliphatic rings. The highest BCUT2D eigenvalue weighted by molar-refractivity contribution is 5.98. The summed E-state index contributed by atoms with van der Waals surface area (Å²) in [6.45, 7) is 4.54. The van der Waals surface area contributed by atoms with Gasteiger partial charge in [-0.3, -0.25) is 14.4 Å². The summed E-state index contributed by atoms with van der Waals surface area (Å²) in [5.41, 5.74) is 1.95. The zero-order valence-corrected chi connectivity index (χ0v) is 29.6. The molecule has 0 radical (unpaired) electrons. The van der Waals surface area contributed by atoms with Crippen molar-refractivity contribution < 1.29 is 48.0 Å². The summed E-state index contributed by atoms with van der Waals surface area (Å²) in [5.74, 6) is -5.29. The minimum Gasteiger partial charge on any atom is -0.503 e. The molecule has 12 nitrogen and oxygen atoms in total. The van der Waals surface area contributed by atoms with Crippen LogP contribution in [-0.4, -0.2) is 65.9 Å². The van der Waals surface area contributed by atoms with Crippen LogP contribution in [0.25, 0.3) is 0 Å². The maximum atomic E-state index is 13.9. The van der Waals surface area contributed by atoms with E-state index >= 15 is 0 Å². The van der Waals surface area contributed by atoms with Crippen LogP contribution in [0.4, 0.5) is 0 Å². The minimum atomic E-state index is -1.41. The third kappa shape index (κ3) is 11.4. The highest BCUT2D eigenvalue weighted by Crippen LogP contribution is 2.28. The lowest BCUT2D eigenvalue weighted by Crippen LogP contribution is -2.49. The molecule has 0 saturated heterocycles. The van der Waals surface area contributed by atoms with Crippen LogP contribution in [0.1, 0.15) is 48.0 Å². The van der Waals surface area contributed by atoms with Gasteiger partial charge in [-0.15, -0.1) is 0 Å². The van der Waals surface area contributed by atoms with Crippen LogP contribution < -0.4 is 10.1 Å². The fourth-order valence-corrected chi connectivity index (χ4v) is 5.18. The Balaban J connectivity index is 1.61. The number of methoxy groups -OCH3 is 1. The van der Waals surface area contributed by atoms with E-state index in [-0.39, 0.29) is 37.7 Å². The maximum Gasteiger partial charge on any atom is 0.331 e. The van der Waals surface area contributed by atoms with Gasteiger partial charge in [0.05, 0.1) is 26.2 Å². The third-order valence-electron chi connectivity index (χ3n) is 8.02. The number of aromatic hydroxyl groups is 1. The zero-order valence-electron chi connectivity index (χ0n) is 29.6. The quantitative estimate of drug-likeness (QED) is 0.103. The number of pyridine rings is 1. The van der Waals surface area contributed by atoms with E-state index in [1.165, 1.54) is 26.3 Å². The highest BCUT2D eigenvalue weighted by atomic mass is 16.6. The molecule has 3 aromatic carbocycles. The molecule has 2 N–H and O–H groups in total. The predicted molar refractivity (Wildman–Crippen MR) is 190 cm³/mol. The molecule has 1 aromatic heterocycles. The Labute approximate surface area is 303 Å². The van der Waals surface area contributed by atoms with Gasteiger partial charge in [-0.2, -0.15) is 0 Å². The minimum absolute atomic E-state index is 0.00615. The summed E-state index contributed by atoms with van der Waals surface area (Å²) in [6, 6.07) is 27.4. The maximum absolute atomic E-state index is 13.9. The fraction of sp³-hybridized carbons (Fsp3) is 0.325. The molecule has 0 bridgehead atoms. The molecule has 0 aliphatic carbocycles. The smallest absolute Gasteiger partial charge is 0.331 e. The van der Waals surface area contributed by atoms with Crippen molar-refractivity contribution in [2.45, 2.75) is 58.7 Å². The Kier molecular flexibility index (Phi) is 14.7. The van der Waals surface area contributed by atoms with Gasteiger partial charge in [0.15, 0.2) is 29.3 Å². The Morgan fingerprint density at radius 2 is 1.31 bits per heavy atom. The van der Waals surface area contributed by atoms with Gasteiger partial charge < -0.3 is 34.1 Å². The second-order valence-corrected chi connectivity index (χ2v) is 12.3. The van der Waals surface area contributed by atoms with Crippen molar-refractivity contribution in [3.63, 3.8) is 0 Å². The van der Waals surface area contributed by atoms with Crippen LogP contribution in [0.2, 0.25) is 0 Å². The molecule has 1 heterocycles. The Bertz CT molecular complexity index is 1750. The number of benzene rings is 3. The molecule has 1 unspecified atom stereocenters. The van der Waals surface area contributed by atoms with Crippen LogP contribution in [0.15, 0.2) is 103 Å². The highest BCUT2D eigenvalue weighted by Gasteiger charge is 2.40. The molecule has 0 fully saturated rings. The van der Waals surface area contributed by atoms with Crippen LogP contribution in [-0.2, 0) is 53.0 Å². The molecular formula is C40H44N2O10. The van der Waals surface area contributed by atoms with Crippen LogP contribution in [0, 0.1) is 11.8 Å². The van der Waals surface area contributed by atoms with Crippen LogP contribution in [0.3, 0.4) is 0 Å². The molecular weight excluding hydrogens is 668 g/mol. The first-order chi connectivity index (χ1) is 25.1. The zero-order chi connectivity index (χ0) is 37.5. The molecule has 4 rings (SSSR count). The predicted octanol–water partition coefficient (Wildman–Crippen LogP) is 5.21. The lowest BCUT2D eigenvalue weighted by molar-refractivity contribution is -0.181. The van der Waals surface area contributed by atoms with E-state index in [9.17, 15) is 24.3 Å². The van der Waals surface area contributed by atoms with Gasteiger partial charge in [-0.1, -0.05) is 105 Å². The third-order valence-corrected chi connectivity index (χ3v) is 8.02. The lowest BCUT2D eigenvalue weighted by atomic mass is 9.90. The first-order valence-corrected chi connectivity index (χ1v) is 16.9. The van der Waals surface area contributed by atoms with Gasteiger partial charge in [0, 0.05) is 12.3 Å². The van der Waals surface area contributed by atoms with Gasteiger partial charge in [-0.05, 0) is 30.0 Å². The molecule has 52 heavy (non-hydrogen) atoms. The average molecular weight is 713 g/mol. The first-order valence-electron chi connectivity index (χ1n) is 16.9. The van der Waals surface area contributed by atoms with Crippen molar-refractivity contribution in [2.24, 2.45) is 11.8 Å². The second kappa shape index (κ2) is 19.6. The largest absolute Gasteiger partial charge is 0.503 e. The summed E-state index contributed by atoms with van der Waals surface area (Å²) in [4.78, 5) is 58.0. The summed E-state index contributed by atoms with van der Waals surface area (Å²) in [5, 5.41) is 13.1.